The molecule has 0 radical (unpaired) electrons. The highest BCUT2D eigenvalue weighted by atomic mass is 79.9. The van der Waals surface area contributed by atoms with Gasteiger partial charge >= 0.3 is 0 Å². The molecule has 0 unspecified atom stereocenters. The van der Waals surface area contributed by atoms with E-state index < -0.39 is 0 Å². The van der Waals surface area contributed by atoms with Gasteiger partial charge in [0.15, 0.2) is 0 Å². The number of benzene rings is 1. The molecule has 2 rings (SSSR count). The molecule has 0 aliphatic carbocycles. The summed E-state index contributed by atoms with van der Waals surface area (Å²) < 4.78 is 8.41. The predicted octanol–water partition coefficient (Wildman–Crippen LogP) is 2.41. The molecule has 0 atom stereocenters. The minimum absolute atomic E-state index is 0.519. The lowest BCUT2D eigenvalue weighted by molar-refractivity contribution is 0.418. The van der Waals surface area contributed by atoms with Crippen molar-refractivity contribution in [2.24, 2.45) is 12.8 Å². The highest BCUT2D eigenvalue weighted by Gasteiger charge is 2.14. The summed E-state index contributed by atoms with van der Waals surface area (Å²) in [4.78, 5) is 0. The molecule has 80 valence electrons. The number of ether oxygens (including phenoxy) is 1. The van der Waals surface area contributed by atoms with Crippen LogP contribution in [-0.2, 0) is 13.6 Å². The van der Waals surface area contributed by atoms with Crippen LogP contribution < -0.4 is 10.5 Å². The van der Waals surface area contributed by atoms with E-state index in [1.165, 1.54) is 0 Å². The third-order valence-electron chi connectivity index (χ3n) is 2.63. The number of aryl methyl sites for hydroxylation is 1. The lowest BCUT2D eigenvalue weighted by Gasteiger charge is -2.04. The molecule has 3 nitrogen and oxygen atoms in total. The van der Waals surface area contributed by atoms with Crippen LogP contribution in [0.2, 0.25) is 0 Å². The van der Waals surface area contributed by atoms with Gasteiger partial charge in [0, 0.05) is 24.5 Å². The molecule has 1 aromatic heterocycles. The van der Waals surface area contributed by atoms with Crippen LogP contribution in [0.1, 0.15) is 5.56 Å². The lowest BCUT2D eigenvalue weighted by Crippen LogP contribution is -1.96. The second-order valence-corrected chi connectivity index (χ2v) is 4.14. The van der Waals surface area contributed by atoms with Gasteiger partial charge in [-0.3, -0.25) is 0 Å². The largest absolute Gasteiger partial charge is 0.495 e. The van der Waals surface area contributed by atoms with Crippen LogP contribution in [0.25, 0.3) is 10.9 Å². The first-order valence-corrected chi connectivity index (χ1v) is 5.49. The van der Waals surface area contributed by atoms with E-state index in [1.807, 2.05) is 19.2 Å². The number of nitrogens with two attached hydrogens (primary N) is 1. The number of rotatable bonds is 2. The van der Waals surface area contributed by atoms with E-state index in [4.69, 9.17) is 10.5 Å². The summed E-state index contributed by atoms with van der Waals surface area (Å²) in [6.07, 6.45) is 0. The molecule has 1 aromatic carbocycles. The summed E-state index contributed by atoms with van der Waals surface area (Å²) in [6, 6.07) is 5.99. The predicted molar refractivity (Wildman–Crippen MR) is 65.1 cm³/mol. The fourth-order valence-electron chi connectivity index (χ4n) is 1.88. The maximum atomic E-state index is 5.74. The van der Waals surface area contributed by atoms with Crippen LogP contribution in [0.4, 0.5) is 0 Å². The summed E-state index contributed by atoms with van der Waals surface area (Å²) in [5, 5.41) is 1.14. The Morgan fingerprint density at radius 2 is 2.20 bits per heavy atom. The molecule has 0 aliphatic rings. The van der Waals surface area contributed by atoms with Gasteiger partial charge in [0.2, 0.25) is 0 Å². The van der Waals surface area contributed by atoms with E-state index in [2.05, 4.69) is 26.6 Å². The van der Waals surface area contributed by atoms with Crippen LogP contribution >= 0.6 is 15.9 Å². The van der Waals surface area contributed by atoms with Gasteiger partial charge in [-0.2, -0.15) is 0 Å². The second kappa shape index (κ2) is 3.87. The van der Waals surface area contributed by atoms with Gasteiger partial charge in [-0.05, 0) is 22.0 Å². The van der Waals surface area contributed by atoms with E-state index in [0.29, 0.717) is 6.54 Å². The van der Waals surface area contributed by atoms with Crippen molar-refractivity contribution in [3.05, 3.63) is 28.4 Å². The SMILES string of the molecule is COc1cccc2c(CN)c(Br)n(C)c12. The monoisotopic (exact) mass is 268 g/mol. The summed E-state index contributed by atoms with van der Waals surface area (Å²) in [5.41, 5.74) is 7.93. The van der Waals surface area contributed by atoms with Gasteiger partial charge in [-0.15, -0.1) is 0 Å². The van der Waals surface area contributed by atoms with Crippen LogP contribution in [0.3, 0.4) is 0 Å². The Kier molecular flexibility index (Phi) is 2.71. The molecule has 0 aliphatic heterocycles. The first kappa shape index (κ1) is 10.5. The molecule has 4 heteroatoms. The number of hydrogen-bond acceptors (Lipinski definition) is 2. The van der Waals surface area contributed by atoms with E-state index in [1.54, 1.807) is 7.11 Å². The number of halogens is 1. The number of para-hydroxylation sites is 1. The van der Waals surface area contributed by atoms with Gasteiger partial charge in [-0.25, -0.2) is 0 Å². The molecular formula is C11H13BrN2O. The molecule has 0 spiro atoms. The number of hydrogen-bond donors (Lipinski definition) is 1. The van der Waals surface area contributed by atoms with Crippen molar-refractivity contribution in [2.75, 3.05) is 7.11 Å². The normalized spacial score (nSPS) is 10.9. The zero-order chi connectivity index (χ0) is 11.0. The van der Waals surface area contributed by atoms with Gasteiger partial charge in [-0.1, -0.05) is 12.1 Å². The van der Waals surface area contributed by atoms with E-state index in [-0.39, 0.29) is 0 Å². The summed E-state index contributed by atoms with van der Waals surface area (Å²) >= 11 is 3.54. The smallest absolute Gasteiger partial charge is 0.143 e. The van der Waals surface area contributed by atoms with Crippen molar-refractivity contribution in [3.63, 3.8) is 0 Å². The standard InChI is InChI=1S/C11H13BrN2O/c1-14-10-7(8(6-13)11(14)12)4-3-5-9(10)15-2/h3-5H,6,13H2,1-2H3. The molecule has 2 aromatic rings. The Hall–Kier alpha value is -1.000. The highest BCUT2D eigenvalue weighted by Crippen LogP contribution is 2.34. The van der Waals surface area contributed by atoms with Gasteiger partial charge in [0.1, 0.15) is 5.75 Å². The first-order chi connectivity index (χ1) is 7.20. The number of fused-ring (bicyclic) bond motifs is 1. The van der Waals surface area contributed by atoms with E-state index in [9.17, 15) is 0 Å². The molecule has 0 saturated carbocycles. The van der Waals surface area contributed by atoms with Gasteiger partial charge in [0.25, 0.3) is 0 Å². The Bertz CT molecular complexity index is 505. The van der Waals surface area contributed by atoms with Crippen molar-refractivity contribution < 1.29 is 4.74 Å². The Balaban J connectivity index is 2.89. The Labute approximate surface area is 96.9 Å². The molecule has 0 bridgehead atoms. The van der Waals surface area contributed by atoms with Crippen LogP contribution in [0, 0.1) is 0 Å². The molecule has 15 heavy (non-hydrogen) atoms. The van der Waals surface area contributed by atoms with Crippen LogP contribution in [0.15, 0.2) is 22.8 Å². The average Bonchev–Trinajstić information content (AvgIpc) is 2.51. The maximum Gasteiger partial charge on any atom is 0.143 e. The summed E-state index contributed by atoms with van der Waals surface area (Å²) in [7, 11) is 3.67. The lowest BCUT2D eigenvalue weighted by atomic mass is 10.1. The molecule has 0 amide bonds. The third-order valence-corrected chi connectivity index (χ3v) is 3.64. The topological polar surface area (TPSA) is 40.2 Å². The summed E-state index contributed by atoms with van der Waals surface area (Å²) in [5.74, 6) is 0.871. The molecular weight excluding hydrogens is 256 g/mol. The zero-order valence-corrected chi connectivity index (χ0v) is 10.3. The highest BCUT2D eigenvalue weighted by molar-refractivity contribution is 9.10. The first-order valence-electron chi connectivity index (χ1n) is 4.70. The fraction of sp³-hybridized carbons (Fsp3) is 0.273. The van der Waals surface area contributed by atoms with Crippen molar-refractivity contribution in [1.29, 1.82) is 0 Å². The van der Waals surface area contributed by atoms with Crippen molar-refractivity contribution in [2.45, 2.75) is 6.54 Å². The summed E-state index contributed by atoms with van der Waals surface area (Å²) in [6.45, 7) is 0.519. The maximum absolute atomic E-state index is 5.74. The van der Waals surface area contributed by atoms with Crippen molar-refractivity contribution in [3.8, 4) is 5.75 Å². The zero-order valence-electron chi connectivity index (χ0n) is 8.75. The van der Waals surface area contributed by atoms with E-state index >= 15 is 0 Å². The quantitative estimate of drug-likeness (QED) is 0.909. The van der Waals surface area contributed by atoms with E-state index in [0.717, 1.165) is 26.8 Å². The van der Waals surface area contributed by atoms with Crippen LogP contribution in [-0.4, -0.2) is 11.7 Å². The number of nitrogens with zero attached hydrogens (tertiary/aromatic N) is 1. The Morgan fingerprint density at radius 1 is 1.47 bits per heavy atom. The van der Waals surface area contributed by atoms with Crippen molar-refractivity contribution >= 4 is 26.8 Å². The molecule has 0 fully saturated rings. The molecule has 1 heterocycles. The molecule has 2 N–H and O–H groups in total. The van der Waals surface area contributed by atoms with Gasteiger partial charge in [0.05, 0.1) is 17.2 Å². The molecule has 0 saturated heterocycles. The minimum Gasteiger partial charge on any atom is -0.495 e. The minimum atomic E-state index is 0.519. The fourth-order valence-corrected chi connectivity index (χ4v) is 2.44. The van der Waals surface area contributed by atoms with Crippen molar-refractivity contribution in [1.82, 2.24) is 4.57 Å². The number of methoxy groups -OCH3 is 1. The average molecular weight is 269 g/mol. The number of aromatic nitrogens is 1. The Morgan fingerprint density at radius 3 is 2.80 bits per heavy atom. The second-order valence-electron chi connectivity index (χ2n) is 3.39. The van der Waals surface area contributed by atoms with Gasteiger partial charge < -0.3 is 15.0 Å². The third kappa shape index (κ3) is 1.44. The van der Waals surface area contributed by atoms with Crippen LogP contribution in [0.5, 0.6) is 5.75 Å².